The molecule has 0 unspecified atom stereocenters. The molecule has 184 valence electrons. The number of unbranched alkanes of at least 4 members (excludes halogenated alkanes) is 1. The van der Waals surface area contributed by atoms with Crippen LogP contribution >= 0.6 is 0 Å². The summed E-state index contributed by atoms with van der Waals surface area (Å²) in [5.74, 6) is 0.900. The fourth-order valence-corrected chi connectivity index (χ4v) is 4.44. The Morgan fingerprint density at radius 2 is 1.77 bits per heavy atom. The van der Waals surface area contributed by atoms with Gasteiger partial charge in [0.15, 0.2) is 0 Å². The molecule has 2 aromatic carbocycles. The van der Waals surface area contributed by atoms with E-state index in [0.29, 0.717) is 19.1 Å². The summed E-state index contributed by atoms with van der Waals surface area (Å²) in [5, 5.41) is 6.64. The quantitative estimate of drug-likeness (QED) is 0.360. The van der Waals surface area contributed by atoms with Crippen LogP contribution in [0.4, 0.5) is 11.4 Å². The Morgan fingerprint density at radius 1 is 0.971 bits per heavy atom. The maximum Gasteiger partial charge on any atom is 0.224 e. The van der Waals surface area contributed by atoms with Crippen molar-refractivity contribution >= 4 is 17.3 Å². The van der Waals surface area contributed by atoms with E-state index in [1.54, 1.807) is 12.4 Å². The molecule has 0 aliphatic carbocycles. The van der Waals surface area contributed by atoms with Crippen LogP contribution in [0.15, 0.2) is 79.1 Å². The Bertz CT molecular complexity index is 1000. The van der Waals surface area contributed by atoms with Crippen molar-refractivity contribution < 1.29 is 9.53 Å². The smallest absolute Gasteiger partial charge is 0.224 e. The molecule has 0 radical (unpaired) electrons. The standard InChI is InChI=1S/C29H36N4O2/c34-29(11-5-4-9-24-7-2-1-3-8-24)32-26-12-14-27(15-13-26)33-20-16-25(17-21-33)31-19-22-35-28-10-6-18-30-23-28/h1-3,6-8,10,12-15,18,23,25,31H,4-5,9,11,16-17,19-22H2,(H,32,34). The van der Waals surface area contributed by atoms with E-state index in [1.165, 1.54) is 11.3 Å². The lowest BCUT2D eigenvalue weighted by Crippen LogP contribution is -2.43. The lowest BCUT2D eigenvalue weighted by atomic mass is 10.0. The number of pyridine rings is 1. The number of anilines is 2. The van der Waals surface area contributed by atoms with E-state index in [2.05, 4.69) is 56.9 Å². The van der Waals surface area contributed by atoms with Gasteiger partial charge in [0.05, 0.1) is 6.20 Å². The fourth-order valence-electron chi connectivity index (χ4n) is 4.44. The highest BCUT2D eigenvalue weighted by atomic mass is 16.5. The highest BCUT2D eigenvalue weighted by Gasteiger charge is 2.19. The molecule has 2 heterocycles. The van der Waals surface area contributed by atoms with E-state index in [4.69, 9.17) is 4.74 Å². The summed E-state index contributed by atoms with van der Waals surface area (Å²) >= 11 is 0. The van der Waals surface area contributed by atoms with Gasteiger partial charge in [-0.05, 0) is 74.1 Å². The Morgan fingerprint density at radius 3 is 2.51 bits per heavy atom. The molecule has 1 aromatic heterocycles. The van der Waals surface area contributed by atoms with Crippen molar-refractivity contribution in [3.05, 3.63) is 84.7 Å². The number of nitrogens with zero attached hydrogens (tertiary/aromatic N) is 2. The first-order valence-corrected chi connectivity index (χ1v) is 12.7. The van der Waals surface area contributed by atoms with Crippen molar-refractivity contribution in [1.29, 1.82) is 0 Å². The average Bonchev–Trinajstić information content (AvgIpc) is 2.91. The molecule has 0 saturated carbocycles. The van der Waals surface area contributed by atoms with Gasteiger partial charge < -0.3 is 20.3 Å². The fraction of sp³-hybridized carbons (Fsp3) is 0.379. The number of aryl methyl sites for hydroxylation is 1. The van der Waals surface area contributed by atoms with Gasteiger partial charge in [0.25, 0.3) is 0 Å². The minimum Gasteiger partial charge on any atom is -0.491 e. The summed E-state index contributed by atoms with van der Waals surface area (Å²) in [5.41, 5.74) is 3.41. The van der Waals surface area contributed by atoms with Crippen molar-refractivity contribution in [3.8, 4) is 5.75 Å². The first kappa shape index (κ1) is 24.7. The van der Waals surface area contributed by atoms with Crippen molar-refractivity contribution in [3.63, 3.8) is 0 Å². The van der Waals surface area contributed by atoms with E-state index in [-0.39, 0.29) is 5.91 Å². The third-order valence-electron chi connectivity index (χ3n) is 6.41. The first-order chi connectivity index (χ1) is 17.3. The molecule has 2 N–H and O–H groups in total. The molecule has 3 aromatic rings. The zero-order valence-electron chi connectivity index (χ0n) is 20.4. The summed E-state index contributed by atoms with van der Waals surface area (Å²) in [6, 6.07) is 23.0. The third-order valence-corrected chi connectivity index (χ3v) is 6.41. The molecule has 1 fully saturated rings. The molecule has 6 nitrogen and oxygen atoms in total. The van der Waals surface area contributed by atoms with Crippen LogP contribution in [0.25, 0.3) is 0 Å². The maximum absolute atomic E-state index is 12.3. The van der Waals surface area contributed by atoms with E-state index >= 15 is 0 Å². The van der Waals surface area contributed by atoms with Gasteiger partial charge >= 0.3 is 0 Å². The zero-order chi connectivity index (χ0) is 24.1. The summed E-state index contributed by atoms with van der Waals surface area (Å²) in [6.45, 7) is 3.52. The van der Waals surface area contributed by atoms with Crippen LogP contribution in [0.2, 0.25) is 0 Å². The zero-order valence-corrected chi connectivity index (χ0v) is 20.4. The van der Waals surface area contributed by atoms with Gasteiger partial charge in [-0.1, -0.05) is 30.3 Å². The summed E-state index contributed by atoms with van der Waals surface area (Å²) in [6.07, 6.45) is 9.20. The van der Waals surface area contributed by atoms with Crippen LogP contribution in [0.3, 0.4) is 0 Å². The van der Waals surface area contributed by atoms with Gasteiger partial charge in [-0.3, -0.25) is 9.78 Å². The van der Waals surface area contributed by atoms with Gasteiger partial charge in [0.2, 0.25) is 5.91 Å². The minimum atomic E-state index is 0.0882. The number of nitrogens with one attached hydrogen (secondary N) is 2. The number of amides is 1. The van der Waals surface area contributed by atoms with E-state index in [1.807, 2.05) is 30.3 Å². The Kier molecular flexibility index (Phi) is 9.54. The largest absolute Gasteiger partial charge is 0.491 e. The van der Waals surface area contributed by atoms with Gasteiger partial charge in [0.1, 0.15) is 12.4 Å². The highest BCUT2D eigenvalue weighted by molar-refractivity contribution is 5.90. The summed E-state index contributed by atoms with van der Waals surface area (Å²) in [7, 11) is 0. The molecule has 6 heteroatoms. The number of ether oxygens (including phenoxy) is 1. The minimum absolute atomic E-state index is 0.0882. The molecule has 0 spiro atoms. The van der Waals surface area contributed by atoms with E-state index in [9.17, 15) is 4.79 Å². The second kappa shape index (κ2) is 13.5. The monoisotopic (exact) mass is 472 g/mol. The predicted molar refractivity (Wildman–Crippen MR) is 142 cm³/mol. The molecule has 1 amide bonds. The molecule has 35 heavy (non-hydrogen) atoms. The highest BCUT2D eigenvalue weighted by Crippen LogP contribution is 2.22. The second-order valence-corrected chi connectivity index (χ2v) is 9.04. The number of rotatable bonds is 12. The van der Waals surface area contributed by atoms with E-state index < -0.39 is 0 Å². The number of aromatic nitrogens is 1. The Balaban J connectivity index is 1.10. The molecule has 1 aliphatic heterocycles. The topological polar surface area (TPSA) is 66.5 Å². The summed E-state index contributed by atoms with van der Waals surface area (Å²) in [4.78, 5) is 18.8. The number of piperidine rings is 1. The van der Waals surface area contributed by atoms with Gasteiger partial charge in [-0.25, -0.2) is 0 Å². The normalized spacial score (nSPS) is 14.0. The Labute approximate surface area is 208 Å². The molecule has 4 rings (SSSR count). The number of carbonyl (C=O) groups is 1. The molecular formula is C29H36N4O2. The third kappa shape index (κ3) is 8.41. The summed E-state index contributed by atoms with van der Waals surface area (Å²) < 4.78 is 5.71. The number of benzene rings is 2. The lowest BCUT2D eigenvalue weighted by molar-refractivity contribution is -0.116. The second-order valence-electron chi connectivity index (χ2n) is 9.04. The number of hydrogen-bond donors (Lipinski definition) is 2. The van der Waals surface area contributed by atoms with Crippen LogP contribution in [0.1, 0.15) is 37.7 Å². The lowest BCUT2D eigenvalue weighted by Gasteiger charge is -2.34. The molecular weight excluding hydrogens is 436 g/mol. The molecule has 1 saturated heterocycles. The van der Waals surface area contributed by atoms with Crippen molar-refractivity contribution in [2.75, 3.05) is 36.5 Å². The van der Waals surface area contributed by atoms with Gasteiger partial charge in [-0.2, -0.15) is 0 Å². The van der Waals surface area contributed by atoms with Crippen LogP contribution in [0, 0.1) is 0 Å². The molecule has 0 bridgehead atoms. The SMILES string of the molecule is O=C(CCCCc1ccccc1)Nc1ccc(N2CCC(NCCOc3cccnc3)CC2)cc1. The Hall–Kier alpha value is -3.38. The van der Waals surface area contributed by atoms with E-state index in [0.717, 1.165) is 63.2 Å². The number of carbonyl (C=O) groups excluding carboxylic acids is 1. The predicted octanol–water partition coefficient (Wildman–Crippen LogP) is 5.07. The van der Waals surface area contributed by atoms with Gasteiger partial charge in [-0.15, -0.1) is 0 Å². The van der Waals surface area contributed by atoms with Gasteiger partial charge in [0, 0.05) is 49.7 Å². The van der Waals surface area contributed by atoms with Crippen molar-refractivity contribution in [2.45, 2.75) is 44.6 Å². The first-order valence-electron chi connectivity index (χ1n) is 12.7. The average molecular weight is 473 g/mol. The van der Waals surface area contributed by atoms with Crippen molar-refractivity contribution in [2.24, 2.45) is 0 Å². The van der Waals surface area contributed by atoms with Crippen molar-refractivity contribution in [1.82, 2.24) is 10.3 Å². The van der Waals surface area contributed by atoms with Crippen LogP contribution < -0.4 is 20.3 Å². The number of hydrogen-bond acceptors (Lipinski definition) is 5. The van der Waals surface area contributed by atoms with Crippen LogP contribution in [-0.2, 0) is 11.2 Å². The molecule has 0 atom stereocenters. The molecule has 1 aliphatic rings. The van der Waals surface area contributed by atoms with Crippen LogP contribution in [-0.4, -0.2) is 43.2 Å². The van der Waals surface area contributed by atoms with Crippen LogP contribution in [0.5, 0.6) is 5.75 Å². The maximum atomic E-state index is 12.3.